The van der Waals surface area contributed by atoms with Gasteiger partial charge in [-0.05, 0) is 37.3 Å². The summed E-state index contributed by atoms with van der Waals surface area (Å²) in [6.07, 6.45) is 1.25. The van der Waals surface area contributed by atoms with E-state index in [1.807, 2.05) is 6.07 Å². The Kier molecular flexibility index (Phi) is 5.78. The summed E-state index contributed by atoms with van der Waals surface area (Å²) >= 11 is 12.1. The number of aromatic nitrogens is 1. The lowest BCUT2D eigenvalue weighted by Gasteiger charge is -2.05. The first-order chi connectivity index (χ1) is 13.5. The van der Waals surface area contributed by atoms with E-state index in [4.69, 9.17) is 33.5 Å². The second-order valence-electron chi connectivity index (χ2n) is 5.70. The van der Waals surface area contributed by atoms with Crippen molar-refractivity contribution in [1.29, 1.82) is 5.26 Å². The quantitative estimate of drug-likeness (QED) is 0.550. The van der Waals surface area contributed by atoms with E-state index in [0.29, 0.717) is 22.0 Å². The van der Waals surface area contributed by atoms with Gasteiger partial charge in [-0.15, -0.1) is 0 Å². The average molecular weight is 415 g/mol. The fourth-order valence-corrected chi connectivity index (χ4v) is 3.07. The van der Waals surface area contributed by atoms with Crippen LogP contribution in [0, 0.1) is 17.1 Å². The van der Waals surface area contributed by atoms with Gasteiger partial charge in [0.1, 0.15) is 23.1 Å². The fourth-order valence-electron chi connectivity index (χ4n) is 2.63. The van der Waals surface area contributed by atoms with E-state index < -0.39 is 5.82 Å². The molecule has 0 spiro atoms. The van der Waals surface area contributed by atoms with Crippen LogP contribution in [0.2, 0.25) is 10.0 Å². The van der Waals surface area contributed by atoms with E-state index in [-0.39, 0.29) is 27.6 Å². The van der Waals surface area contributed by atoms with E-state index in [9.17, 15) is 9.65 Å². The van der Waals surface area contributed by atoms with Gasteiger partial charge in [0.25, 0.3) is 0 Å². The molecule has 0 aliphatic rings. The average Bonchev–Trinajstić information content (AvgIpc) is 3.05. The molecular weight excluding hydrogens is 402 g/mol. The van der Waals surface area contributed by atoms with Gasteiger partial charge in [0.2, 0.25) is 0 Å². The molecule has 0 unspecified atom stereocenters. The van der Waals surface area contributed by atoms with Gasteiger partial charge >= 0.3 is 0 Å². The van der Waals surface area contributed by atoms with Crippen LogP contribution >= 0.6 is 23.2 Å². The number of halogens is 3. The van der Waals surface area contributed by atoms with E-state index in [1.165, 1.54) is 24.4 Å². The van der Waals surface area contributed by atoms with Gasteiger partial charge < -0.3 is 10.3 Å². The number of allylic oxidation sites excluding steroid dienone is 1. The molecule has 0 amide bonds. The topological polar surface area (TPSA) is 88.2 Å². The number of nitrogens with zero attached hydrogens (tertiary/aromatic N) is 3. The van der Waals surface area contributed by atoms with Gasteiger partial charge in [-0.2, -0.15) is 5.26 Å². The first-order valence-corrected chi connectivity index (χ1v) is 8.79. The number of nitrogens with two attached hydrogens (primary N) is 1. The van der Waals surface area contributed by atoms with Crippen molar-refractivity contribution in [3.8, 4) is 17.3 Å². The summed E-state index contributed by atoms with van der Waals surface area (Å²) in [5, 5.41) is 14.1. The number of hydrogen-bond donors (Lipinski definition) is 1. The van der Waals surface area contributed by atoms with Crippen molar-refractivity contribution >= 4 is 40.2 Å². The van der Waals surface area contributed by atoms with E-state index in [2.05, 4.69) is 10.1 Å². The molecule has 3 rings (SSSR count). The van der Waals surface area contributed by atoms with Crippen LogP contribution in [0.4, 0.5) is 10.1 Å². The molecular formula is C20H13Cl2FN4O. The van der Waals surface area contributed by atoms with Crippen LogP contribution in [0.5, 0.6) is 0 Å². The summed E-state index contributed by atoms with van der Waals surface area (Å²) in [6.45, 7) is 1.69. The molecule has 0 saturated heterocycles. The number of benzene rings is 2. The van der Waals surface area contributed by atoms with Crippen molar-refractivity contribution < 1.29 is 8.91 Å². The molecule has 1 heterocycles. The van der Waals surface area contributed by atoms with Crippen LogP contribution in [0.3, 0.4) is 0 Å². The molecule has 0 aliphatic heterocycles. The molecule has 0 radical (unpaired) electrons. The van der Waals surface area contributed by atoms with Gasteiger partial charge in [-0.25, -0.2) is 4.39 Å². The van der Waals surface area contributed by atoms with Crippen molar-refractivity contribution in [2.45, 2.75) is 6.92 Å². The molecule has 0 aliphatic carbocycles. The van der Waals surface area contributed by atoms with Crippen molar-refractivity contribution in [3.63, 3.8) is 0 Å². The second-order valence-corrected chi connectivity index (χ2v) is 6.54. The highest BCUT2D eigenvalue weighted by Gasteiger charge is 2.25. The molecule has 2 aromatic carbocycles. The zero-order valence-corrected chi connectivity index (χ0v) is 16.1. The Hall–Kier alpha value is -3.14. The number of hydrogen-bond acceptors (Lipinski definition) is 5. The molecule has 1 aromatic heterocycles. The van der Waals surface area contributed by atoms with Crippen molar-refractivity contribution in [2.24, 2.45) is 10.7 Å². The Morgan fingerprint density at radius 2 is 2.04 bits per heavy atom. The number of aliphatic imine (C=N–C) groups is 1. The van der Waals surface area contributed by atoms with Gasteiger partial charge in [-0.3, -0.25) is 4.99 Å². The van der Waals surface area contributed by atoms with Crippen molar-refractivity contribution in [1.82, 2.24) is 5.16 Å². The number of rotatable bonds is 4. The van der Waals surface area contributed by atoms with Crippen molar-refractivity contribution in [2.75, 3.05) is 0 Å². The molecule has 0 fully saturated rings. The standard InChI is InChI=1S/C20H13Cl2FN4O/c1-11(26-13-5-2-4-12(21)8-13)14(9-24)20-15(10-25)19(27-28-20)18-16(22)6-3-7-17(18)23/h2-9H,24H2,1H3. The third kappa shape index (κ3) is 3.77. The molecule has 2 N–H and O–H groups in total. The summed E-state index contributed by atoms with van der Waals surface area (Å²) in [5.41, 5.74) is 7.13. The molecule has 3 aromatic rings. The minimum absolute atomic E-state index is 0.00402. The SMILES string of the molecule is CC(=Nc1cccc(Cl)c1)C(=CN)c1onc(-c2c(F)cccc2Cl)c1C#N. The first kappa shape index (κ1) is 19.6. The summed E-state index contributed by atoms with van der Waals surface area (Å²) < 4.78 is 19.6. The molecule has 0 atom stereocenters. The molecule has 0 bridgehead atoms. The van der Waals surface area contributed by atoms with Gasteiger partial charge in [0.15, 0.2) is 5.76 Å². The van der Waals surface area contributed by atoms with Crippen LogP contribution in [0.25, 0.3) is 16.8 Å². The minimum atomic E-state index is -0.619. The highest BCUT2D eigenvalue weighted by Crippen LogP contribution is 2.35. The highest BCUT2D eigenvalue weighted by atomic mass is 35.5. The lowest BCUT2D eigenvalue weighted by molar-refractivity contribution is 0.413. The molecule has 28 heavy (non-hydrogen) atoms. The van der Waals surface area contributed by atoms with Gasteiger partial charge in [-0.1, -0.05) is 40.5 Å². The largest absolute Gasteiger partial charge is 0.404 e. The summed E-state index contributed by atoms with van der Waals surface area (Å²) in [6, 6.07) is 13.1. The predicted molar refractivity (Wildman–Crippen MR) is 108 cm³/mol. The van der Waals surface area contributed by atoms with Crippen LogP contribution in [-0.2, 0) is 0 Å². The van der Waals surface area contributed by atoms with Crippen LogP contribution < -0.4 is 5.73 Å². The predicted octanol–water partition coefficient (Wildman–Crippen LogP) is 5.75. The minimum Gasteiger partial charge on any atom is -0.404 e. The summed E-state index contributed by atoms with van der Waals surface area (Å²) in [4.78, 5) is 4.45. The fraction of sp³-hybridized carbons (Fsp3) is 0.0500. The molecule has 5 nitrogen and oxygen atoms in total. The van der Waals surface area contributed by atoms with Gasteiger partial charge in [0.05, 0.1) is 27.6 Å². The second kappa shape index (κ2) is 8.26. The Balaban J connectivity index is 2.11. The monoisotopic (exact) mass is 414 g/mol. The summed E-state index contributed by atoms with van der Waals surface area (Å²) in [7, 11) is 0. The Labute approximate surface area is 170 Å². The van der Waals surface area contributed by atoms with Crippen LogP contribution in [-0.4, -0.2) is 10.9 Å². The van der Waals surface area contributed by atoms with Crippen LogP contribution in [0.1, 0.15) is 18.2 Å². The lowest BCUT2D eigenvalue weighted by Crippen LogP contribution is -2.01. The third-order valence-corrected chi connectivity index (χ3v) is 4.46. The maximum atomic E-state index is 14.3. The molecule has 140 valence electrons. The van der Waals surface area contributed by atoms with E-state index in [0.717, 1.165) is 0 Å². The normalized spacial score (nSPS) is 12.1. The van der Waals surface area contributed by atoms with Crippen molar-refractivity contribution in [3.05, 3.63) is 75.9 Å². The van der Waals surface area contributed by atoms with Crippen LogP contribution in [0.15, 0.2) is 58.2 Å². The summed E-state index contributed by atoms with van der Waals surface area (Å²) in [5.74, 6) is -0.547. The zero-order chi connectivity index (χ0) is 20.3. The Morgan fingerprint density at radius 1 is 1.29 bits per heavy atom. The number of nitriles is 1. The molecule has 0 saturated carbocycles. The maximum absolute atomic E-state index is 14.3. The highest BCUT2D eigenvalue weighted by molar-refractivity contribution is 6.33. The molecule has 8 heteroatoms. The lowest BCUT2D eigenvalue weighted by atomic mass is 10.0. The maximum Gasteiger partial charge on any atom is 0.188 e. The first-order valence-electron chi connectivity index (χ1n) is 8.04. The smallest absolute Gasteiger partial charge is 0.188 e. The third-order valence-electron chi connectivity index (χ3n) is 3.91. The van der Waals surface area contributed by atoms with E-state index in [1.54, 1.807) is 31.2 Å². The Morgan fingerprint density at radius 3 is 2.68 bits per heavy atom. The van der Waals surface area contributed by atoms with Gasteiger partial charge in [0, 0.05) is 11.2 Å². The van der Waals surface area contributed by atoms with E-state index >= 15 is 0 Å². The Bertz CT molecular complexity index is 1130. The zero-order valence-electron chi connectivity index (χ0n) is 14.6.